The molecular formula is C14H10BrN3S. The van der Waals surface area contributed by atoms with Gasteiger partial charge in [-0.25, -0.2) is 0 Å². The van der Waals surface area contributed by atoms with E-state index in [-0.39, 0.29) is 5.11 Å². The Kier molecular flexibility index (Phi) is 3.08. The Hall–Kier alpha value is -1.72. The average Bonchev–Trinajstić information content (AvgIpc) is 2.70. The van der Waals surface area contributed by atoms with Gasteiger partial charge in [-0.3, -0.25) is 5.43 Å². The number of nitrogens with zero attached hydrogens (tertiary/aromatic N) is 1. The number of hydrogen-bond acceptors (Lipinski definition) is 2. The van der Waals surface area contributed by atoms with E-state index in [4.69, 9.17) is 18.0 Å². The quantitative estimate of drug-likeness (QED) is 0.532. The van der Waals surface area contributed by atoms with Crippen LogP contribution in [0.3, 0.4) is 0 Å². The molecular weight excluding hydrogens is 322 g/mol. The summed E-state index contributed by atoms with van der Waals surface area (Å²) in [5.41, 5.74) is 13.5. The molecule has 5 heteroatoms. The molecule has 1 aliphatic rings. The first kappa shape index (κ1) is 12.3. The van der Waals surface area contributed by atoms with Crippen molar-refractivity contribution in [3.63, 3.8) is 0 Å². The van der Waals surface area contributed by atoms with Gasteiger partial charge in [0.25, 0.3) is 0 Å². The molecule has 0 atom stereocenters. The average molecular weight is 332 g/mol. The SMILES string of the molecule is NC(=S)N/N=C1\c2ccccc2-c2cc(Br)ccc21. The molecule has 3 rings (SSSR count). The molecule has 0 fully saturated rings. The Bertz CT molecular complexity index is 710. The number of thiocarbonyl (C=S) groups is 1. The molecule has 94 valence electrons. The van der Waals surface area contributed by atoms with Crippen LogP contribution in [0.15, 0.2) is 52.0 Å². The minimum Gasteiger partial charge on any atom is -0.375 e. The van der Waals surface area contributed by atoms with Crippen LogP contribution in [0.5, 0.6) is 0 Å². The topological polar surface area (TPSA) is 50.4 Å². The summed E-state index contributed by atoms with van der Waals surface area (Å²) < 4.78 is 1.05. The largest absolute Gasteiger partial charge is 0.375 e. The van der Waals surface area contributed by atoms with Gasteiger partial charge in [0.2, 0.25) is 0 Å². The van der Waals surface area contributed by atoms with Crippen LogP contribution >= 0.6 is 28.1 Å². The maximum absolute atomic E-state index is 5.44. The molecule has 3 N–H and O–H groups in total. The Labute approximate surface area is 124 Å². The number of nitrogens with one attached hydrogen (secondary N) is 1. The van der Waals surface area contributed by atoms with E-state index in [1.807, 2.05) is 30.3 Å². The highest BCUT2D eigenvalue weighted by Crippen LogP contribution is 2.38. The predicted octanol–water partition coefficient (Wildman–Crippen LogP) is 3.02. The Morgan fingerprint density at radius 3 is 2.47 bits per heavy atom. The van der Waals surface area contributed by atoms with E-state index >= 15 is 0 Å². The van der Waals surface area contributed by atoms with Gasteiger partial charge >= 0.3 is 0 Å². The summed E-state index contributed by atoms with van der Waals surface area (Å²) in [4.78, 5) is 0. The van der Waals surface area contributed by atoms with Crippen molar-refractivity contribution in [3.05, 3.63) is 58.1 Å². The molecule has 0 aromatic heterocycles. The molecule has 2 aromatic rings. The van der Waals surface area contributed by atoms with Crippen LogP contribution in [-0.4, -0.2) is 10.8 Å². The van der Waals surface area contributed by atoms with Crippen molar-refractivity contribution < 1.29 is 0 Å². The monoisotopic (exact) mass is 331 g/mol. The first-order valence-electron chi connectivity index (χ1n) is 5.69. The minimum absolute atomic E-state index is 0.163. The van der Waals surface area contributed by atoms with Crippen LogP contribution in [0.1, 0.15) is 11.1 Å². The van der Waals surface area contributed by atoms with E-state index < -0.39 is 0 Å². The zero-order valence-electron chi connectivity index (χ0n) is 9.85. The summed E-state index contributed by atoms with van der Waals surface area (Å²) >= 11 is 8.30. The van der Waals surface area contributed by atoms with Crippen LogP contribution in [0, 0.1) is 0 Å². The molecule has 2 aromatic carbocycles. The lowest BCUT2D eigenvalue weighted by molar-refractivity contribution is 1.03. The van der Waals surface area contributed by atoms with Crippen molar-refractivity contribution in [2.45, 2.75) is 0 Å². The second kappa shape index (κ2) is 4.75. The van der Waals surface area contributed by atoms with Crippen molar-refractivity contribution >= 4 is 39.0 Å². The van der Waals surface area contributed by atoms with Gasteiger partial charge in [0.15, 0.2) is 5.11 Å². The van der Waals surface area contributed by atoms with Crippen molar-refractivity contribution in [2.24, 2.45) is 10.8 Å². The molecule has 0 amide bonds. The zero-order valence-corrected chi connectivity index (χ0v) is 12.3. The molecule has 3 nitrogen and oxygen atoms in total. The molecule has 0 spiro atoms. The number of nitrogens with two attached hydrogens (primary N) is 1. The highest BCUT2D eigenvalue weighted by Gasteiger charge is 2.24. The molecule has 0 heterocycles. The maximum atomic E-state index is 5.44. The first-order valence-corrected chi connectivity index (χ1v) is 6.90. The van der Waals surface area contributed by atoms with E-state index in [2.05, 4.69) is 38.6 Å². The van der Waals surface area contributed by atoms with Crippen molar-refractivity contribution in [1.82, 2.24) is 5.43 Å². The Morgan fingerprint density at radius 1 is 1.05 bits per heavy atom. The molecule has 0 bridgehead atoms. The number of hydrogen-bond donors (Lipinski definition) is 2. The molecule has 0 saturated carbocycles. The predicted molar refractivity (Wildman–Crippen MR) is 85.1 cm³/mol. The van der Waals surface area contributed by atoms with E-state index in [1.165, 1.54) is 5.56 Å². The number of hydrazone groups is 1. The molecule has 1 aliphatic carbocycles. The van der Waals surface area contributed by atoms with Crippen molar-refractivity contribution in [1.29, 1.82) is 0 Å². The highest BCUT2D eigenvalue weighted by molar-refractivity contribution is 9.10. The Balaban J connectivity index is 2.22. The summed E-state index contributed by atoms with van der Waals surface area (Å²) in [6.45, 7) is 0. The number of fused-ring (bicyclic) bond motifs is 3. The second-order valence-corrected chi connectivity index (χ2v) is 5.53. The normalized spacial score (nSPS) is 14.1. The third-order valence-corrected chi connectivity index (χ3v) is 3.57. The fraction of sp³-hybridized carbons (Fsp3) is 0. The number of halogens is 1. The molecule has 0 aliphatic heterocycles. The van der Waals surface area contributed by atoms with Gasteiger partial charge in [-0.2, -0.15) is 5.10 Å². The van der Waals surface area contributed by atoms with Crippen LogP contribution in [0.25, 0.3) is 11.1 Å². The van der Waals surface area contributed by atoms with Gasteiger partial charge in [-0.1, -0.05) is 46.3 Å². The van der Waals surface area contributed by atoms with Crippen LogP contribution in [0.2, 0.25) is 0 Å². The first-order chi connectivity index (χ1) is 9.16. The fourth-order valence-electron chi connectivity index (χ4n) is 2.25. The Morgan fingerprint density at radius 2 is 1.74 bits per heavy atom. The van der Waals surface area contributed by atoms with Crippen molar-refractivity contribution in [3.8, 4) is 11.1 Å². The second-order valence-electron chi connectivity index (χ2n) is 4.17. The summed E-state index contributed by atoms with van der Waals surface area (Å²) in [7, 11) is 0. The molecule has 0 unspecified atom stereocenters. The lowest BCUT2D eigenvalue weighted by atomic mass is 10.1. The fourth-order valence-corrected chi connectivity index (χ4v) is 2.65. The van der Waals surface area contributed by atoms with Gasteiger partial charge in [-0.05, 0) is 35.5 Å². The van der Waals surface area contributed by atoms with Crippen LogP contribution in [0.4, 0.5) is 0 Å². The van der Waals surface area contributed by atoms with E-state index in [0.717, 1.165) is 26.9 Å². The standard InChI is InChI=1S/C14H10BrN3S/c15-8-5-6-11-12(7-8)9-3-1-2-4-10(9)13(11)17-18-14(16)19/h1-7H,(H3,16,18,19)/b17-13+. The van der Waals surface area contributed by atoms with Gasteiger partial charge in [0.05, 0.1) is 5.71 Å². The summed E-state index contributed by atoms with van der Waals surface area (Å²) in [5, 5.41) is 4.48. The zero-order chi connectivity index (χ0) is 13.4. The maximum Gasteiger partial charge on any atom is 0.184 e. The smallest absolute Gasteiger partial charge is 0.184 e. The lowest BCUT2D eigenvalue weighted by Crippen LogP contribution is -2.25. The van der Waals surface area contributed by atoms with Gasteiger partial charge in [0.1, 0.15) is 0 Å². The molecule has 19 heavy (non-hydrogen) atoms. The van der Waals surface area contributed by atoms with Crippen LogP contribution < -0.4 is 11.2 Å². The van der Waals surface area contributed by atoms with Crippen LogP contribution in [-0.2, 0) is 0 Å². The van der Waals surface area contributed by atoms with E-state index in [9.17, 15) is 0 Å². The van der Waals surface area contributed by atoms with Gasteiger partial charge in [-0.15, -0.1) is 0 Å². The van der Waals surface area contributed by atoms with Crippen molar-refractivity contribution in [2.75, 3.05) is 0 Å². The van der Waals surface area contributed by atoms with Gasteiger partial charge < -0.3 is 5.73 Å². The minimum atomic E-state index is 0.163. The highest BCUT2D eigenvalue weighted by atomic mass is 79.9. The summed E-state index contributed by atoms with van der Waals surface area (Å²) in [5.74, 6) is 0. The number of rotatable bonds is 1. The molecule has 0 radical (unpaired) electrons. The third kappa shape index (κ3) is 2.15. The summed E-state index contributed by atoms with van der Waals surface area (Å²) in [6.07, 6.45) is 0. The summed E-state index contributed by atoms with van der Waals surface area (Å²) in [6, 6.07) is 14.3. The van der Waals surface area contributed by atoms with Gasteiger partial charge in [0, 0.05) is 15.6 Å². The van der Waals surface area contributed by atoms with E-state index in [1.54, 1.807) is 0 Å². The molecule has 0 saturated heterocycles. The lowest BCUT2D eigenvalue weighted by Gasteiger charge is -2.02. The third-order valence-electron chi connectivity index (χ3n) is 2.99. The number of benzene rings is 2. The van der Waals surface area contributed by atoms with E-state index in [0.29, 0.717) is 0 Å².